The number of thiazole rings is 1. The third-order valence-electron chi connectivity index (χ3n) is 4.42. The first-order valence-corrected chi connectivity index (χ1v) is 10.8. The molecule has 0 saturated heterocycles. The van der Waals surface area contributed by atoms with E-state index in [9.17, 15) is 22.8 Å². The molecule has 176 valence electrons. The van der Waals surface area contributed by atoms with Crippen molar-refractivity contribution in [2.24, 2.45) is 0 Å². The van der Waals surface area contributed by atoms with E-state index in [2.05, 4.69) is 10.3 Å². The predicted molar refractivity (Wildman–Crippen MR) is 114 cm³/mol. The number of amides is 2. The number of benzene rings is 1. The molecule has 0 aliphatic rings. The zero-order chi connectivity index (χ0) is 23.6. The molecule has 0 unspecified atom stereocenters. The van der Waals surface area contributed by atoms with Crippen molar-refractivity contribution in [1.82, 2.24) is 15.2 Å². The first kappa shape index (κ1) is 25.8. The Bertz CT molecular complexity index is 889. The number of halogens is 3. The van der Waals surface area contributed by atoms with Gasteiger partial charge in [-0.05, 0) is 31.0 Å². The fourth-order valence-corrected chi connectivity index (χ4v) is 3.61. The van der Waals surface area contributed by atoms with Crippen molar-refractivity contribution < 1.29 is 32.2 Å². The van der Waals surface area contributed by atoms with Gasteiger partial charge in [-0.1, -0.05) is 6.07 Å². The normalized spacial score (nSPS) is 11.4. The van der Waals surface area contributed by atoms with E-state index in [0.717, 1.165) is 12.1 Å². The molecule has 0 radical (unpaired) electrons. The fraction of sp³-hybridized carbons (Fsp3) is 0.476. The van der Waals surface area contributed by atoms with E-state index in [1.165, 1.54) is 35.5 Å². The number of hydrogen-bond acceptors (Lipinski definition) is 6. The summed E-state index contributed by atoms with van der Waals surface area (Å²) in [5, 5.41) is 4.82. The molecule has 2 aromatic rings. The number of methoxy groups -OCH3 is 2. The molecule has 0 spiro atoms. The molecule has 1 heterocycles. The quantitative estimate of drug-likeness (QED) is 0.477. The summed E-state index contributed by atoms with van der Waals surface area (Å²) in [6.07, 6.45) is -3.38. The molecule has 11 heteroatoms. The number of nitrogens with zero attached hydrogens (tertiary/aromatic N) is 2. The molecule has 0 aliphatic carbocycles. The molecule has 1 aromatic carbocycles. The van der Waals surface area contributed by atoms with Gasteiger partial charge in [0.2, 0.25) is 0 Å². The zero-order valence-corrected chi connectivity index (χ0v) is 18.7. The van der Waals surface area contributed by atoms with E-state index < -0.39 is 17.6 Å². The third kappa shape index (κ3) is 7.88. The lowest BCUT2D eigenvalue weighted by Gasteiger charge is -2.22. The molecule has 2 amide bonds. The van der Waals surface area contributed by atoms with Crippen LogP contribution in [0.25, 0.3) is 0 Å². The van der Waals surface area contributed by atoms with Crippen LogP contribution in [0.4, 0.5) is 13.2 Å². The molecule has 1 N–H and O–H groups in total. The Morgan fingerprint density at radius 2 is 1.88 bits per heavy atom. The van der Waals surface area contributed by atoms with Crippen LogP contribution >= 0.6 is 11.3 Å². The van der Waals surface area contributed by atoms with Crippen molar-refractivity contribution in [2.45, 2.75) is 25.6 Å². The maximum absolute atomic E-state index is 13.0. The monoisotopic (exact) mass is 473 g/mol. The number of alkyl halides is 3. The molecule has 2 rings (SSSR count). The maximum atomic E-state index is 13.0. The Labute approximate surface area is 188 Å². The predicted octanol–water partition coefficient (Wildman–Crippen LogP) is 3.61. The van der Waals surface area contributed by atoms with Gasteiger partial charge in [0.05, 0.1) is 12.1 Å². The zero-order valence-electron chi connectivity index (χ0n) is 17.9. The van der Waals surface area contributed by atoms with Gasteiger partial charge in [0, 0.05) is 51.5 Å². The summed E-state index contributed by atoms with van der Waals surface area (Å²) in [4.78, 5) is 30.9. The highest BCUT2D eigenvalue weighted by molar-refractivity contribution is 7.09. The van der Waals surface area contributed by atoms with Gasteiger partial charge in [0.25, 0.3) is 11.8 Å². The summed E-state index contributed by atoms with van der Waals surface area (Å²) in [6, 6.07) is 4.32. The van der Waals surface area contributed by atoms with Gasteiger partial charge in [0.15, 0.2) is 0 Å². The average molecular weight is 474 g/mol. The summed E-state index contributed by atoms with van der Waals surface area (Å²) >= 11 is 1.21. The van der Waals surface area contributed by atoms with E-state index in [1.807, 2.05) is 0 Å². The highest BCUT2D eigenvalue weighted by Gasteiger charge is 2.31. The minimum Gasteiger partial charge on any atom is -0.385 e. The van der Waals surface area contributed by atoms with Crippen LogP contribution in [-0.2, 0) is 22.2 Å². The first-order valence-electron chi connectivity index (χ1n) is 9.93. The third-order valence-corrected chi connectivity index (χ3v) is 5.26. The number of hydrogen-bond donors (Lipinski definition) is 1. The molecule has 1 aromatic heterocycles. The molecular weight excluding hydrogens is 447 g/mol. The minimum atomic E-state index is -4.54. The second kappa shape index (κ2) is 12.5. The summed E-state index contributed by atoms with van der Waals surface area (Å²) in [5.74, 6) is -0.883. The Balaban J connectivity index is 2.12. The molecular formula is C21H26F3N3O4S. The molecule has 7 nitrogen and oxygen atoms in total. The number of aromatic nitrogens is 1. The summed E-state index contributed by atoms with van der Waals surface area (Å²) in [6.45, 7) is 1.69. The molecule has 0 fully saturated rings. The van der Waals surface area contributed by atoms with E-state index >= 15 is 0 Å². The second-order valence-corrected chi connectivity index (χ2v) is 7.82. The molecule has 0 atom stereocenters. The van der Waals surface area contributed by atoms with E-state index in [-0.39, 0.29) is 30.3 Å². The Morgan fingerprint density at radius 3 is 2.56 bits per heavy atom. The smallest absolute Gasteiger partial charge is 0.385 e. The lowest BCUT2D eigenvalue weighted by molar-refractivity contribution is -0.137. The first-order chi connectivity index (χ1) is 15.3. The highest BCUT2D eigenvalue weighted by atomic mass is 32.1. The lowest BCUT2D eigenvalue weighted by Crippen LogP contribution is -2.32. The van der Waals surface area contributed by atoms with Crippen LogP contribution in [0.3, 0.4) is 0 Å². The van der Waals surface area contributed by atoms with Crippen molar-refractivity contribution in [1.29, 1.82) is 0 Å². The van der Waals surface area contributed by atoms with Crippen molar-refractivity contribution >= 4 is 23.2 Å². The molecule has 32 heavy (non-hydrogen) atoms. The topological polar surface area (TPSA) is 80.8 Å². The van der Waals surface area contributed by atoms with Crippen molar-refractivity contribution in [3.05, 3.63) is 51.5 Å². The largest absolute Gasteiger partial charge is 0.416 e. The number of nitrogens with one attached hydrogen (secondary N) is 1. The van der Waals surface area contributed by atoms with Crippen LogP contribution in [0.2, 0.25) is 0 Å². The van der Waals surface area contributed by atoms with Crippen LogP contribution in [0.5, 0.6) is 0 Å². The number of rotatable bonds is 12. The van der Waals surface area contributed by atoms with E-state index in [0.29, 0.717) is 37.6 Å². The van der Waals surface area contributed by atoms with Gasteiger partial charge in [0.1, 0.15) is 10.7 Å². The second-order valence-electron chi connectivity index (χ2n) is 6.88. The van der Waals surface area contributed by atoms with E-state index in [1.54, 1.807) is 12.5 Å². The Hall–Kier alpha value is -2.50. The molecule has 0 saturated carbocycles. The van der Waals surface area contributed by atoms with Crippen molar-refractivity contribution in [3.63, 3.8) is 0 Å². The van der Waals surface area contributed by atoms with Crippen LogP contribution < -0.4 is 5.32 Å². The van der Waals surface area contributed by atoms with Gasteiger partial charge < -0.3 is 19.7 Å². The van der Waals surface area contributed by atoms with Gasteiger partial charge in [-0.25, -0.2) is 4.98 Å². The van der Waals surface area contributed by atoms with Crippen LogP contribution in [0, 0.1) is 0 Å². The SMILES string of the molecule is COCCCNC(=O)c1csc(CN(CCCOC)C(=O)c2cccc(C(F)(F)F)c2)n1. The minimum absolute atomic E-state index is 0.0649. The summed E-state index contributed by atoms with van der Waals surface area (Å²) in [7, 11) is 3.10. The number of carbonyl (C=O) groups is 2. The van der Waals surface area contributed by atoms with Crippen LogP contribution in [0.1, 0.15) is 44.3 Å². The van der Waals surface area contributed by atoms with Crippen molar-refractivity contribution in [2.75, 3.05) is 40.5 Å². The number of carbonyl (C=O) groups excluding carboxylic acids is 2. The Morgan fingerprint density at radius 1 is 1.16 bits per heavy atom. The highest BCUT2D eigenvalue weighted by Crippen LogP contribution is 2.30. The van der Waals surface area contributed by atoms with Crippen molar-refractivity contribution in [3.8, 4) is 0 Å². The molecule has 0 aliphatic heterocycles. The van der Waals surface area contributed by atoms with Gasteiger partial charge in [-0.15, -0.1) is 11.3 Å². The van der Waals surface area contributed by atoms with Gasteiger partial charge in [-0.2, -0.15) is 13.2 Å². The average Bonchev–Trinajstić information content (AvgIpc) is 3.24. The summed E-state index contributed by atoms with van der Waals surface area (Å²) in [5.41, 5.74) is -0.724. The molecule has 0 bridgehead atoms. The van der Waals surface area contributed by atoms with E-state index in [4.69, 9.17) is 9.47 Å². The summed E-state index contributed by atoms with van der Waals surface area (Å²) < 4.78 is 49.1. The Kier molecular flexibility index (Phi) is 10.1. The standard InChI is InChI=1S/C21H26F3N3O4S/c1-30-10-4-8-25-19(28)17-14-32-18(26-17)13-27(9-5-11-31-2)20(29)15-6-3-7-16(12-15)21(22,23)24/h3,6-7,12,14H,4-5,8-11,13H2,1-2H3,(H,25,28). The maximum Gasteiger partial charge on any atom is 0.416 e. The van der Waals surface area contributed by atoms with Crippen LogP contribution in [-0.4, -0.2) is 62.2 Å². The lowest BCUT2D eigenvalue weighted by atomic mass is 10.1. The number of ether oxygens (including phenoxy) is 2. The fourth-order valence-electron chi connectivity index (χ4n) is 2.82. The van der Waals surface area contributed by atoms with Gasteiger partial charge >= 0.3 is 6.18 Å². The van der Waals surface area contributed by atoms with Crippen LogP contribution in [0.15, 0.2) is 29.6 Å². The van der Waals surface area contributed by atoms with Gasteiger partial charge in [-0.3, -0.25) is 9.59 Å².